The first-order valence-corrected chi connectivity index (χ1v) is 7.08. The molecule has 102 valence electrons. The Labute approximate surface area is 111 Å². The Morgan fingerprint density at radius 2 is 0.722 bits per heavy atom. The molecule has 1 aromatic carbocycles. The monoisotopic (exact) mass is 250 g/mol. The minimum atomic E-state index is 0.0797. The van der Waals surface area contributed by atoms with Crippen molar-refractivity contribution in [3.8, 4) is 0 Å². The van der Waals surface area contributed by atoms with E-state index in [9.17, 15) is 10.2 Å². The molecule has 0 radical (unpaired) electrons. The van der Waals surface area contributed by atoms with Gasteiger partial charge in [0.2, 0.25) is 0 Å². The van der Waals surface area contributed by atoms with E-state index >= 15 is 0 Å². The molecule has 0 spiro atoms. The third-order valence-corrected chi connectivity index (χ3v) is 3.92. The third kappa shape index (κ3) is 2.45. The van der Waals surface area contributed by atoms with Crippen LogP contribution >= 0.6 is 0 Å². The second-order valence-corrected chi connectivity index (χ2v) is 4.60. The molecule has 0 aliphatic heterocycles. The van der Waals surface area contributed by atoms with E-state index in [2.05, 4.69) is 27.7 Å². The van der Waals surface area contributed by atoms with Crippen LogP contribution in [0.4, 0.5) is 0 Å². The SMILES string of the molecule is CCc1c(CC)c(CO)c(CC)c(CO)c1CC. The summed E-state index contributed by atoms with van der Waals surface area (Å²) in [4.78, 5) is 0. The summed E-state index contributed by atoms with van der Waals surface area (Å²) in [5.74, 6) is 0. The minimum absolute atomic E-state index is 0.0797. The Morgan fingerprint density at radius 1 is 0.500 bits per heavy atom. The van der Waals surface area contributed by atoms with Gasteiger partial charge in [-0.05, 0) is 59.1 Å². The van der Waals surface area contributed by atoms with Crippen molar-refractivity contribution >= 4 is 0 Å². The summed E-state index contributed by atoms with van der Waals surface area (Å²) in [6.45, 7) is 8.70. The predicted molar refractivity (Wildman–Crippen MR) is 75.8 cm³/mol. The predicted octanol–water partition coefficient (Wildman–Crippen LogP) is 2.92. The fourth-order valence-electron chi connectivity index (χ4n) is 3.18. The maximum absolute atomic E-state index is 9.68. The van der Waals surface area contributed by atoms with Gasteiger partial charge < -0.3 is 10.2 Å². The molecule has 0 bridgehead atoms. The summed E-state index contributed by atoms with van der Waals surface area (Å²) in [5, 5.41) is 19.4. The largest absolute Gasteiger partial charge is 0.392 e. The fraction of sp³-hybridized carbons (Fsp3) is 0.625. The Balaban J connectivity index is 3.71. The molecule has 2 heteroatoms. The number of rotatable bonds is 6. The average molecular weight is 250 g/mol. The summed E-state index contributed by atoms with van der Waals surface area (Å²) in [5.41, 5.74) is 7.20. The maximum Gasteiger partial charge on any atom is 0.0687 e. The van der Waals surface area contributed by atoms with Crippen molar-refractivity contribution in [2.75, 3.05) is 0 Å². The lowest BCUT2D eigenvalue weighted by atomic mass is 9.83. The number of benzene rings is 1. The molecule has 18 heavy (non-hydrogen) atoms. The van der Waals surface area contributed by atoms with Crippen molar-refractivity contribution in [3.05, 3.63) is 33.4 Å². The van der Waals surface area contributed by atoms with Gasteiger partial charge in [0, 0.05) is 0 Å². The van der Waals surface area contributed by atoms with E-state index in [4.69, 9.17) is 0 Å². The standard InChI is InChI=1S/C16H26O2/c1-5-11-12(6-2)15(9-17)14(8-4)16(10-18)13(11)7-3/h17-18H,5-10H2,1-4H3. The van der Waals surface area contributed by atoms with Gasteiger partial charge in [-0.25, -0.2) is 0 Å². The van der Waals surface area contributed by atoms with E-state index in [0.29, 0.717) is 0 Å². The molecule has 1 aromatic rings. The van der Waals surface area contributed by atoms with E-state index < -0.39 is 0 Å². The average Bonchev–Trinajstić information content (AvgIpc) is 2.43. The molecule has 0 heterocycles. The molecule has 0 aliphatic rings. The van der Waals surface area contributed by atoms with Gasteiger partial charge in [0.1, 0.15) is 0 Å². The topological polar surface area (TPSA) is 40.5 Å². The van der Waals surface area contributed by atoms with Crippen molar-refractivity contribution in [1.82, 2.24) is 0 Å². The summed E-state index contributed by atoms with van der Waals surface area (Å²) < 4.78 is 0. The summed E-state index contributed by atoms with van der Waals surface area (Å²) in [7, 11) is 0. The van der Waals surface area contributed by atoms with Gasteiger partial charge in [-0.15, -0.1) is 0 Å². The highest BCUT2D eigenvalue weighted by atomic mass is 16.3. The van der Waals surface area contributed by atoms with Crippen LogP contribution in [0.1, 0.15) is 61.1 Å². The summed E-state index contributed by atoms with van der Waals surface area (Å²) >= 11 is 0. The zero-order valence-electron chi connectivity index (χ0n) is 12.1. The molecular weight excluding hydrogens is 224 g/mol. The van der Waals surface area contributed by atoms with E-state index in [1.165, 1.54) is 16.7 Å². The molecule has 2 nitrogen and oxygen atoms in total. The lowest BCUT2D eigenvalue weighted by molar-refractivity contribution is 0.271. The first-order chi connectivity index (χ1) is 8.69. The van der Waals surface area contributed by atoms with Crippen LogP contribution in [0.2, 0.25) is 0 Å². The van der Waals surface area contributed by atoms with Crippen LogP contribution in [0.25, 0.3) is 0 Å². The highest BCUT2D eigenvalue weighted by Gasteiger charge is 2.19. The van der Waals surface area contributed by atoms with Gasteiger partial charge in [0.25, 0.3) is 0 Å². The Morgan fingerprint density at radius 3 is 0.944 bits per heavy atom. The molecule has 2 N–H and O–H groups in total. The van der Waals surface area contributed by atoms with Crippen molar-refractivity contribution in [2.24, 2.45) is 0 Å². The fourth-order valence-corrected chi connectivity index (χ4v) is 3.18. The third-order valence-electron chi connectivity index (χ3n) is 3.92. The van der Waals surface area contributed by atoms with Crippen LogP contribution in [0.5, 0.6) is 0 Å². The van der Waals surface area contributed by atoms with Crippen molar-refractivity contribution in [3.63, 3.8) is 0 Å². The Kier molecular flexibility index (Phi) is 5.83. The molecular formula is C16H26O2. The molecule has 0 saturated heterocycles. The highest BCUT2D eigenvalue weighted by molar-refractivity contribution is 5.52. The van der Waals surface area contributed by atoms with Gasteiger partial charge in [-0.3, -0.25) is 0 Å². The van der Waals surface area contributed by atoms with Gasteiger partial charge in [-0.1, -0.05) is 27.7 Å². The second-order valence-electron chi connectivity index (χ2n) is 4.60. The van der Waals surface area contributed by atoms with Crippen LogP contribution in [-0.2, 0) is 38.9 Å². The number of hydrogen-bond donors (Lipinski definition) is 2. The van der Waals surface area contributed by atoms with E-state index in [1.54, 1.807) is 0 Å². The Hall–Kier alpha value is -0.860. The highest BCUT2D eigenvalue weighted by Crippen LogP contribution is 2.30. The summed E-state index contributed by atoms with van der Waals surface area (Å²) in [6.07, 6.45) is 3.74. The van der Waals surface area contributed by atoms with Gasteiger partial charge in [0.05, 0.1) is 13.2 Å². The lowest BCUT2D eigenvalue weighted by Gasteiger charge is -2.23. The van der Waals surface area contributed by atoms with Crippen LogP contribution in [0, 0.1) is 0 Å². The molecule has 0 atom stereocenters. The summed E-state index contributed by atoms with van der Waals surface area (Å²) in [6, 6.07) is 0. The van der Waals surface area contributed by atoms with Crippen LogP contribution in [0.3, 0.4) is 0 Å². The molecule has 1 rings (SSSR count). The quantitative estimate of drug-likeness (QED) is 0.815. The van der Waals surface area contributed by atoms with Gasteiger partial charge in [-0.2, -0.15) is 0 Å². The molecule has 0 unspecified atom stereocenters. The van der Waals surface area contributed by atoms with Gasteiger partial charge in [0.15, 0.2) is 0 Å². The molecule has 0 saturated carbocycles. The molecule has 0 aliphatic carbocycles. The Bertz CT molecular complexity index is 288. The van der Waals surface area contributed by atoms with Crippen LogP contribution < -0.4 is 0 Å². The van der Waals surface area contributed by atoms with Crippen molar-refractivity contribution in [1.29, 1.82) is 0 Å². The van der Waals surface area contributed by atoms with E-state index in [1.807, 2.05) is 0 Å². The zero-order chi connectivity index (χ0) is 13.7. The second kappa shape index (κ2) is 6.91. The lowest BCUT2D eigenvalue weighted by Crippen LogP contribution is -2.12. The van der Waals surface area contributed by atoms with Crippen molar-refractivity contribution < 1.29 is 10.2 Å². The number of aliphatic hydroxyl groups excluding tert-OH is 2. The van der Waals surface area contributed by atoms with E-state index in [-0.39, 0.29) is 13.2 Å². The number of hydrogen-bond acceptors (Lipinski definition) is 2. The first kappa shape index (κ1) is 15.2. The zero-order valence-corrected chi connectivity index (χ0v) is 12.1. The van der Waals surface area contributed by atoms with Crippen LogP contribution in [0.15, 0.2) is 0 Å². The van der Waals surface area contributed by atoms with Crippen molar-refractivity contribution in [2.45, 2.75) is 66.6 Å². The van der Waals surface area contributed by atoms with Gasteiger partial charge >= 0.3 is 0 Å². The van der Waals surface area contributed by atoms with Crippen LogP contribution in [-0.4, -0.2) is 10.2 Å². The maximum atomic E-state index is 9.68. The molecule has 0 aromatic heterocycles. The van der Waals surface area contributed by atoms with E-state index in [0.717, 1.165) is 42.4 Å². The molecule has 0 fully saturated rings. The first-order valence-electron chi connectivity index (χ1n) is 7.08. The minimum Gasteiger partial charge on any atom is -0.392 e. The normalized spacial score (nSPS) is 11.0. The molecule has 0 amide bonds. The number of aliphatic hydroxyl groups is 2. The smallest absolute Gasteiger partial charge is 0.0687 e.